The topological polar surface area (TPSA) is 78.9 Å². The fourth-order valence-corrected chi connectivity index (χ4v) is 7.50. The third-order valence-electron chi connectivity index (χ3n) is 11.6. The molecule has 0 aliphatic heterocycles. The second kappa shape index (κ2) is 54.2. The van der Waals surface area contributed by atoms with Gasteiger partial charge in [-0.3, -0.25) is 14.4 Å². The first kappa shape index (κ1) is 62.6. The van der Waals surface area contributed by atoms with E-state index >= 15 is 0 Å². The molecule has 0 rings (SSSR count). The molecule has 1 atom stereocenters. The summed E-state index contributed by atoms with van der Waals surface area (Å²) in [6.45, 7) is 6.46. The number of hydrogen-bond donors (Lipinski definition) is 0. The van der Waals surface area contributed by atoms with Gasteiger partial charge >= 0.3 is 17.9 Å². The van der Waals surface area contributed by atoms with Crippen LogP contribution in [0.15, 0.2) is 85.1 Å². The first-order valence-electron chi connectivity index (χ1n) is 27.6. The first-order chi connectivity index (χ1) is 32.5. The Morgan fingerprint density at radius 1 is 0.318 bits per heavy atom. The van der Waals surface area contributed by atoms with Crippen LogP contribution in [0, 0.1) is 0 Å². The van der Waals surface area contributed by atoms with Crippen LogP contribution < -0.4 is 0 Å². The lowest BCUT2D eigenvalue weighted by atomic mass is 10.1. The Morgan fingerprint density at radius 3 is 0.939 bits per heavy atom. The van der Waals surface area contributed by atoms with Gasteiger partial charge in [-0.15, -0.1) is 0 Å². The van der Waals surface area contributed by atoms with Gasteiger partial charge in [0.05, 0.1) is 0 Å². The maximum absolute atomic E-state index is 12.8. The normalized spacial score (nSPS) is 12.7. The molecule has 6 nitrogen and oxygen atoms in total. The van der Waals surface area contributed by atoms with Gasteiger partial charge in [0.1, 0.15) is 13.2 Å². The van der Waals surface area contributed by atoms with Crippen LogP contribution in [0.4, 0.5) is 0 Å². The van der Waals surface area contributed by atoms with Crippen LogP contribution in [0.25, 0.3) is 0 Å². The highest BCUT2D eigenvalue weighted by molar-refractivity contribution is 5.71. The lowest BCUT2D eigenvalue weighted by molar-refractivity contribution is -0.167. The molecule has 1 unspecified atom stereocenters. The summed E-state index contributed by atoms with van der Waals surface area (Å²) in [6.07, 6.45) is 70.2. The summed E-state index contributed by atoms with van der Waals surface area (Å²) in [5.41, 5.74) is 0. The molecule has 0 aromatic carbocycles. The highest BCUT2D eigenvalue weighted by Crippen LogP contribution is 2.14. The van der Waals surface area contributed by atoms with Crippen LogP contribution in [0.5, 0.6) is 0 Å². The van der Waals surface area contributed by atoms with E-state index in [1.54, 1.807) is 0 Å². The highest BCUT2D eigenvalue weighted by atomic mass is 16.6. The Kier molecular flexibility index (Phi) is 51.4. The van der Waals surface area contributed by atoms with E-state index < -0.39 is 6.10 Å². The first-order valence-corrected chi connectivity index (χ1v) is 27.6. The molecular formula is C60H102O6. The summed E-state index contributed by atoms with van der Waals surface area (Å²) in [4.78, 5) is 37.9. The van der Waals surface area contributed by atoms with Gasteiger partial charge in [0.2, 0.25) is 0 Å². The highest BCUT2D eigenvalue weighted by Gasteiger charge is 2.19. The van der Waals surface area contributed by atoms with Crippen molar-refractivity contribution in [2.75, 3.05) is 13.2 Å². The molecule has 0 N–H and O–H groups in total. The van der Waals surface area contributed by atoms with Gasteiger partial charge in [0, 0.05) is 19.3 Å². The van der Waals surface area contributed by atoms with Gasteiger partial charge in [-0.1, -0.05) is 228 Å². The number of allylic oxidation sites excluding steroid dienone is 14. The van der Waals surface area contributed by atoms with E-state index in [0.29, 0.717) is 19.3 Å². The summed E-state index contributed by atoms with van der Waals surface area (Å²) in [7, 11) is 0. The van der Waals surface area contributed by atoms with Crippen molar-refractivity contribution >= 4 is 17.9 Å². The molecule has 0 spiro atoms. The number of ether oxygens (including phenoxy) is 3. The predicted molar refractivity (Wildman–Crippen MR) is 284 cm³/mol. The van der Waals surface area contributed by atoms with E-state index in [9.17, 15) is 14.4 Å². The number of carbonyl (C=O) groups excluding carboxylic acids is 3. The van der Waals surface area contributed by atoms with Gasteiger partial charge in [0.25, 0.3) is 0 Å². The van der Waals surface area contributed by atoms with Gasteiger partial charge in [-0.2, -0.15) is 0 Å². The smallest absolute Gasteiger partial charge is 0.306 e. The fraction of sp³-hybridized carbons (Fsp3) is 0.717. The molecule has 0 aliphatic rings. The molecule has 6 heteroatoms. The van der Waals surface area contributed by atoms with Crippen molar-refractivity contribution in [3.63, 3.8) is 0 Å². The summed E-state index contributed by atoms with van der Waals surface area (Å²) >= 11 is 0. The average molecular weight is 919 g/mol. The summed E-state index contributed by atoms with van der Waals surface area (Å²) in [6, 6.07) is 0. The molecule has 0 saturated carbocycles. The molecule has 0 amide bonds. The van der Waals surface area contributed by atoms with Crippen molar-refractivity contribution in [2.24, 2.45) is 0 Å². The van der Waals surface area contributed by atoms with Crippen LogP contribution >= 0.6 is 0 Å². The summed E-state index contributed by atoms with van der Waals surface area (Å²) in [5.74, 6) is -0.921. The van der Waals surface area contributed by atoms with Gasteiger partial charge in [0.15, 0.2) is 6.10 Å². The van der Waals surface area contributed by atoms with Crippen molar-refractivity contribution < 1.29 is 28.6 Å². The Hall–Kier alpha value is -3.41. The number of esters is 3. The Balaban J connectivity index is 4.29. The van der Waals surface area contributed by atoms with Gasteiger partial charge in [-0.05, 0) is 96.3 Å². The van der Waals surface area contributed by atoms with Crippen molar-refractivity contribution in [3.05, 3.63) is 85.1 Å². The van der Waals surface area contributed by atoms with Crippen LogP contribution in [-0.2, 0) is 28.6 Å². The van der Waals surface area contributed by atoms with E-state index in [1.807, 2.05) is 0 Å². The molecule has 0 heterocycles. The molecule has 0 aromatic rings. The molecule has 0 aliphatic carbocycles. The maximum atomic E-state index is 12.8. The van der Waals surface area contributed by atoms with Gasteiger partial charge < -0.3 is 14.2 Å². The van der Waals surface area contributed by atoms with E-state index in [-0.39, 0.29) is 31.1 Å². The monoisotopic (exact) mass is 919 g/mol. The zero-order valence-electron chi connectivity index (χ0n) is 43.2. The van der Waals surface area contributed by atoms with Crippen LogP contribution in [0.1, 0.15) is 258 Å². The number of hydrogen-bond acceptors (Lipinski definition) is 6. The van der Waals surface area contributed by atoms with E-state index in [1.165, 1.54) is 109 Å². The van der Waals surface area contributed by atoms with Crippen LogP contribution in [-0.4, -0.2) is 37.2 Å². The molecule has 0 fully saturated rings. The molecule has 0 bridgehead atoms. The fourth-order valence-electron chi connectivity index (χ4n) is 7.50. The summed E-state index contributed by atoms with van der Waals surface area (Å²) in [5, 5.41) is 0. The van der Waals surface area contributed by atoms with Crippen LogP contribution in [0.3, 0.4) is 0 Å². The minimum atomic E-state index is -0.787. The molecule has 378 valence electrons. The average Bonchev–Trinajstić information content (AvgIpc) is 3.31. The molecule has 0 saturated heterocycles. The Bertz CT molecular complexity index is 1290. The van der Waals surface area contributed by atoms with Crippen molar-refractivity contribution in [3.8, 4) is 0 Å². The van der Waals surface area contributed by atoms with Gasteiger partial charge in [-0.25, -0.2) is 0 Å². The van der Waals surface area contributed by atoms with E-state index in [2.05, 4.69) is 106 Å². The van der Waals surface area contributed by atoms with E-state index in [0.717, 1.165) is 109 Å². The lowest BCUT2D eigenvalue weighted by Gasteiger charge is -2.18. The molecular weight excluding hydrogens is 817 g/mol. The predicted octanol–water partition coefficient (Wildman–Crippen LogP) is 18.4. The second-order valence-corrected chi connectivity index (χ2v) is 18.1. The second-order valence-electron chi connectivity index (χ2n) is 18.1. The molecule has 0 aromatic heterocycles. The Labute approximate surface area is 407 Å². The van der Waals surface area contributed by atoms with Crippen molar-refractivity contribution in [2.45, 2.75) is 264 Å². The third kappa shape index (κ3) is 51.6. The molecule has 0 radical (unpaired) electrons. The minimum absolute atomic E-state index is 0.0860. The zero-order chi connectivity index (χ0) is 47.9. The van der Waals surface area contributed by atoms with Crippen LogP contribution in [0.2, 0.25) is 0 Å². The zero-order valence-corrected chi connectivity index (χ0v) is 43.2. The summed E-state index contributed by atoms with van der Waals surface area (Å²) < 4.78 is 16.7. The largest absolute Gasteiger partial charge is 0.462 e. The number of rotatable bonds is 49. The number of carbonyl (C=O) groups is 3. The molecule has 66 heavy (non-hydrogen) atoms. The van der Waals surface area contributed by atoms with Crippen molar-refractivity contribution in [1.29, 1.82) is 0 Å². The minimum Gasteiger partial charge on any atom is -0.462 e. The maximum Gasteiger partial charge on any atom is 0.306 e. The third-order valence-corrected chi connectivity index (χ3v) is 11.6. The Morgan fingerprint density at radius 2 is 0.591 bits per heavy atom. The quantitative estimate of drug-likeness (QED) is 0.0262. The van der Waals surface area contributed by atoms with Crippen molar-refractivity contribution in [1.82, 2.24) is 0 Å². The van der Waals surface area contributed by atoms with E-state index in [4.69, 9.17) is 14.2 Å². The standard InChI is InChI=1S/C60H102O6/c1-4-7-10-13-16-18-20-22-24-26-28-29-30-31-32-34-35-37-39-41-44-47-50-53-59(62)65-56-57(55-64-58(61)52-49-46-43-15-12-9-6-3)66-60(63)54-51-48-45-42-40-38-36-33-27-25-23-21-19-17-14-11-8-5-2/h7,10,16,18,22,24-25,27-29,31-32,35,37,57H,4-6,8-9,11-15,17,19-21,23,26,30,33-34,36,38-56H2,1-3H3/b10-7-,18-16-,24-22-,27-25-,29-28-,32-31-,37-35-. The lowest BCUT2D eigenvalue weighted by Crippen LogP contribution is -2.30. The SMILES string of the molecule is CC/C=C\C/C=C\C/C=C\C/C=C\C/C=C\C/C=C\CCCCCCC(=O)OCC(COC(=O)CCCCCCCCC)OC(=O)CCCCCCCCC/C=C\CCCCCCCCC. The number of unbranched alkanes of at least 4 members (excludes halogenated alkanes) is 24.